The van der Waals surface area contributed by atoms with Crippen LogP contribution in [0.3, 0.4) is 0 Å². The molecular weight excluding hydrogens is 796 g/mol. The molecule has 0 bridgehead atoms. The molecule has 6 rings (SSSR count). The summed E-state index contributed by atoms with van der Waals surface area (Å²) in [5, 5.41) is 31.6. The molecule has 350 valence electrons. The molecule has 0 radical (unpaired) electrons. The first-order valence-corrected chi connectivity index (χ1v) is 21.5. The molecule has 60 heavy (non-hydrogen) atoms. The summed E-state index contributed by atoms with van der Waals surface area (Å²) in [5.41, 5.74) is 0. The van der Waals surface area contributed by atoms with Crippen LogP contribution in [0.4, 0.5) is 0 Å². The maximum Gasteiger partial charge on any atom is 0.161 e. The van der Waals surface area contributed by atoms with E-state index in [-0.39, 0.29) is 24.7 Å². The fraction of sp³-hybridized carbons (Fsp3) is 1.00. The van der Waals surface area contributed by atoms with Crippen molar-refractivity contribution in [1.82, 2.24) is 0 Å². The quantitative estimate of drug-likeness (QED) is 0.213. The molecule has 6 aliphatic rings. The van der Waals surface area contributed by atoms with Crippen molar-refractivity contribution in [2.45, 2.75) is 228 Å². The van der Waals surface area contributed by atoms with E-state index in [1.54, 1.807) is 35.4 Å². The molecule has 0 aromatic rings. The SMILES string of the molecule is CO[C@@H]1C[C@H](O[C@H]2[C@@H](O)C[C@H](O[C@H]3[C@H](C)O[C@H](O[C@H]4[C@H](C)O[C@@H](O[C@H]5[C@H](C)O[C@@H](O[C@H]6[C@H](C)OC(O)C[C@H]6OC)C[C@H]5OC)C[C@H]4OC)C[C@H]3OC)O[C@@H]2C)O[C@@H](C)[C@@H]1O. The van der Waals surface area contributed by atoms with E-state index in [2.05, 4.69) is 0 Å². The normalized spacial score (nSPS) is 50.7. The second-order valence-corrected chi connectivity index (χ2v) is 17.0. The van der Waals surface area contributed by atoms with Gasteiger partial charge in [0.2, 0.25) is 0 Å². The molecule has 3 N–H and O–H groups in total. The third kappa shape index (κ3) is 11.5. The van der Waals surface area contributed by atoms with Crippen LogP contribution in [0.2, 0.25) is 0 Å². The van der Waals surface area contributed by atoms with Crippen LogP contribution in [-0.2, 0) is 75.8 Å². The lowest BCUT2D eigenvalue weighted by atomic mass is 9.98. The summed E-state index contributed by atoms with van der Waals surface area (Å²) in [6.07, 6.45) is -11.3. The van der Waals surface area contributed by atoms with Crippen LogP contribution in [0.1, 0.15) is 80.1 Å². The minimum atomic E-state index is -0.914. The zero-order valence-corrected chi connectivity index (χ0v) is 37.0. The summed E-state index contributed by atoms with van der Waals surface area (Å²) >= 11 is 0. The first-order chi connectivity index (χ1) is 28.7. The van der Waals surface area contributed by atoms with E-state index in [1.807, 2.05) is 34.6 Å². The van der Waals surface area contributed by atoms with Crippen LogP contribution in [-0.4, -0.2) is 198 Å². The van der Waals surface area contributed by atoms with Gasteiger partial charge < -0.3 is 91.1 Å². The molecule has 0 aliphatic carbocycles. The highest BCUT2D eigenvalue weighted by molar-refractivity contribution is 4.92. The number of hydrogen-bond donors (Lipinski definition) is 3. The van der Waals surface area contributed by atoms with Crippen molar-refractivity contribution in [2.24, 2.45) is 0 Å². The van der Waals surface area contributed by atoms with E-state index in [9.17, 15) is 15.3 Å². The van der Waals surface area contributed by atoms with Crippen LogP contribution in [0.15, 0.2) is 0 Å². The highest BCUT2D eigenvalue weighted by Gasteiger charge is 2.49. The summed E-state index contributed by atoms with van der Waals surface area (Å²) in [4.78, 5) is 0. The van der Waals surface area contributed by atoms with Gasteiger partial charge >= 0.3 is 0 Å². The van der Waals surface area contributed by atoms with Gasteiger partial charge in [0.05, 0.1) is 73.2 Å². The Morgan fingerprint density at radius 2 is 0.617 bits per heavy atom. The predicted octanol–water partition coefficient (Wildman–Crippen LogP) is 1.51. The highest BCUT2D eigenvalue weighted by Crippen LogP contribution is 2.37. The molecule has 19 heteroatoms. The van der Waals surface area contributed by atoms with E-state index in [4.69, 9.17) is 75.8 Å². The van der Waals surface area contributed by atoms with E-state index >= 15 is 0 Å². The molecule has 0 spiro atoms. The first kappa shape index (κ1) is 48.7. The average molecular weight is 869 g/mol. The predicted molar refractivity (Wildman–Crippen MR) is 206 cm³/mol. The highest BCUT2D eigenvalue weighted by atomic mass is 16.8. The topological polar surface area (TPSA) is 208 Å². The van der Waals surface area contributed by atoms with Crippen molar-refractivity contribution in [1.29, 1.82) is 0 Å². The van der Waals surface area contributed by atoms with Gasteiger partial charge in [-0.25, -0.2) is 0 Å². The van der Waals surface area contributed by atoms with Crippen LogP contribution in [0.25, 0.3) is 0 Å². The molecule has 6 fully saturated rings. The Hall–Kier alpha value is -0.760. The van der Waals surface area contributed by atoms with Gasteiger partial charge in [-0.3, -0.25) is 0 Å². The standard InChI is InChI=1S/C41H72O19/c1-18-36(44)25(45-7)14-32(51-18)56-37-19(2)52-31(12-24(37)42)57-39-21(4)53-34(15-27(39)47-9)59-41-23(6)55-35(17-29(41)49-11)60-40-22(5)54-33(16-28(40)48-10)58-38-20(3)50-30(43)13-26(38)46-8/h18-44H,12-17H2,1-11H3/t18-,19+,20-,21-,22-,23-,24-,25+,26+,27+,28+,29+,30?,31-,32-,33-,34+,35-,36-,37+,38-,39-,40-,41-/m0/s1. The Labute approximate surface area is 354 Å². The van der Waals surface area contributed by atoms with Crippen molar-refractivity contribution in [2.75, 3.05) is 35.5 Å². The number of aliphatic hydroxyl groups is 3. The molecule has 0 amide bonds. The van der Waals surface area contributed by atoms with Crippen molar-refractivity contribution in [3.63, 3.8) is 0 Å². The number of ether oxygens (including phenoxy) is 16. The maximum atomic E-state index is 11.2. The maximum absolute atomic E-state index is 11.2. The van der Waals surface area contributed by atoms with E-state index < -0.39 is 129 Å². The number of rotatable bonds is 15. The summed E-state index contributed by atoms with van der Waals surface area (Å²) in [7, 11) is 8.01. The van der Waals surface area contributed by atoms with Crippen LogP contribution in [0, 0.1) is 0 Å². The van der Waals surface area contributed by atoms with E-state index in [0.29, 0.717) is 32.1 Å². The van der Waals surface area contributed by atoms with Crippen LogP contribution in [0.5, 0.6) is 0 Å². The van der Waals surface area contributed by atoms with E-state index in [1.165, 1.54) is 7.11 Å². The zero-order chi connectivity index (χ0) is 43.4. The zero-order valence-electron chi connectivity index (χ0n) is 37.0. The Morgan fingerprint density at radius 3 is 0.983 bits per heavy atom. The van der Waals surface area contributed by atoms with Crippen LogP contribution >= 0.6 is 0 Å². The fourth-order valence-corrected chi connectivity index (χ4v) is 9.50. The molecular formula is C41H72O19. The third-order valence-corrected chi connectivity index (χ3v) is 12.8. The van der Waals surface area contributed by atoms with Crippen LogP contribution < -0.4 is 0 Å². The average Bonchev–Trinajstić information content (AvgIpc) is 3.20. The lowest BCUT2D eigenvalue weighted by Crippen LogP contribution is -2.58. The Morgan fingerprint density at radius 1 is 0.333 bits per heavy atom. The lowest BCUT2D eigenvalue weighted by Gasteiger charge is -2.47. The Kier molecular flexibility index (Phi) is 17.8. The Balaban J connectivity index is 0.983. The summed E-state index contributed by atoms with van der Waals surface area (Å²) in [6.45, 7) is 11.1. The molecule has 0 aromatic carbocycles. The minimum absolute atomic E-state index is 0.157. The largest absolute Gasteiger partial charge is 0.390 e. The number of aliphatic hydroxyl groups excluding tert-OH is 3. The van der Waals surface area contributed by atoms with Crippen molar-refractivity contribution < 1.29 is 91.1 Å². The van der Waals surface area contributed by atoms with Gasteiger partial charge in [0, 0.05) is 74.1 Å². The molecule has 19 nitrogen and oxygen atoms in total. The first-order valence-electron chi connectivity index (χ1n) is 21.5. The van der Waals surface area contributed by atoms with Gasteiger partial charge in [0.15, 0.2) is 37.7 Å². The molecule has 6 heterocycles. The van der Waals surface area contributed by atoms with E-state index in [0.717, 1.165) is 0 Å². The van der Waals surface area contributed by atoms with Gasteiger partial charge in [-0.1, -0.05) is 0 Å². The summed E-state index contributed by atoms with van der Waals surface area (Å²) in [5.74, 6) is 0. The molecule has 6 aliphatic heterocycles. The number of hydrogen-bond acceptors (Lipinski definition) is 19. The smallest absolute Gasteiger partial charge is 0.161 e. The van der Waals surface area contributed by atoms with Gasteiger partial charge in [-0.15, -0.1) is 0 Å². The number of methoxy groups -OCH3 is 5. The van der Waals surface area contributed by atoms with Gasteiger partial charge in [0.25, 0.3) is 0 Å². The molecule has 6 saturated heterocycles. The molecule has 1 unspecified atom stereocenters. The fourth-order valence-electron chi connectivity index (χ4n) is 9.50. The lowest BCUT2D eigenvalue weighted by molar-refractivity contribution is -0.353. The van der Waals surface area contributed by atoms with Gasteiger partial charge in [-0.05, 0) is 41.5 Å². The van der Waals surface area contributed by atoms with Crippen molar-refractivity contribution in [3.8, 4) is 0 Å². The molecule has 0 aromatic heterocycles. The van der Waals surface area contributed by atoms with Gasteiger partial charge in [0.1, 0.15) is 36.6 Å². The summed E-state index contributed by atoms with van der Waals surface area (Å²) in [6, 6.07) is 0. The second-order valence-electron chi connectivity index (χ2n) is 17.0. The van der Waals surface area contributed by atoms with Gasteiger partial charge in [-0.2, -0.15) is 0 Å². The third-order valence-electron chi connectivity index (χ3n) is 12.8. The van der Waals surface area contributed by atoms with Crippen molar-refractivity contribution in [3.05, 3.63) is 0 Å². The summed E-state index contributed by atoms with van der Waals surface area (Å²) < 4.78 is 97.6. The monoisotopic (exact) mass is 868 g/mol. The Bertz CT molecular complexity index is 1270. The molecule has 24 atom stereocenters. The van der Waals surface area contributed by atoms with Crippen molar-refractivity contribution >= 4 is 0 Å². The second kappa shape index (κ2) is 21.9. The minimum Gasteiger partial charge on any atom is -0.390 e. The molecule has 0 saturated carbocycles.